The molecule has 0 bridgehead atoms. The van der Waals surface area contributed by atoms with E-state index in [0.29, 0.717) is 19.3 Å². The van der Waals surface area contributed by atoms with Crippen LogP contribution in [0.5, 0.6) is 0 Å². The highest BCUT2D eigenvalue weighted by atomic mass is 16.4. The standard InChI is InChI=1S/C22H26O5/c23-19-14-20(24)18(10-13-22(27)11-1-2-12-22)17(19)5-3-4-15-6-8-16(9-7-15)21(25)26/h6-9,17-18,20,24,27H,1-5,11-12,14H2,(H,25,26)/t17-,18-,20-/m1/s1. The Bertz CT molecular complexity index is 749. The molecular weight excluding hydrogens is 344 g/mol. The number of carbonyl (C=O) groups excluding carboxylic acids is 1. The van der Waals surface area contributed by atoms with Gasteiger partial charge >= 0.3 is 5.97 Å². The Morgan fingerprint density at radius 2 is 1.85 bits per heavy atom. The number of carboxylic acids is 1. The number of aromatic carboxylic acids is 1. The zero-order valence-corrected chi connectivity index (χ0v) is 15.4. The number of aliphatic hydroxyl groups excluding tert-OH is 1. The second-order valence-electron chi connectivity index (χ2n) is 7.77. The molecule has 0 radical (unpaired) electrons. The zero-order valence-electron chi connectivity index (χ0n) is 15.4. The third kappa shape index (κ3) is 4.77. The van der Waals surface area contributed by atoms with Crippen molar-refractivity contribution in [2.75, 3.05) is 0 Å². The number of aliphatic hydroxyl groups is 2. The molecule has 0 aliphatic heterocycles. The summed E-state index contributed by atoms with van der Waals surface area (Å²) >= 11 is 0. The van der Waals surface area contributed by atoms with Gasteiger partial charge in [-0.25, -0.2) is 4.79 Å². The van der Waals surface area contributed by atoms with Crippen LogP contribution in [-0.2, 0) is 11.2 Å². The van der Waals surface area contributed by atoms with Crippen molar-refractivity contribution in [3.63, 3.8) is 0 Å². The van der Waals surface area contributed by atoms with E-state index in [9.17, 15) is 19.8 Å². The molecule has 0 spiro atoms. The number of carboxylic acid groups (broad SMARTS) is 1. The molecule has 5 heteroatoms. The van der Waals surface area contributed by atoms with Crippen LogP contribution in [0.25, 0.3) is 0 Å². The van der Waals surface area contributed by atoms with Gasteiger partial charge in [-0.2, -0.15) is 0 Å². The van der Waals surface area contributed by atoms with Crippen molar-refractivity contribution in [2.24, 2.45) is 11.8 Å². The zero-order chi connectivity index (χ0) is 19.4. The van der Waals surface area contributed by atoms with Crippen molar-refractivity contribution >= 4 is 11.8 Å². The molecule has 0 saturated heterocycles. The summed E-state index contributed by atoms with van der Waals surface area (Å²) in [6, 6.07) is 6.75. The summed E-state index contributed by atoms with van der Waals surface area (Å²) in [5, 5.41) is 29.6. The van der Waals surface area contributed by atoms with E-state index in [1.54, 1.807) is 24.3 Å². The van der Waals surface area contributed by atoms with E-state index in [4.69, 9.17) is 5.11 Å². The van der Waals surface area contributed by atoms with E-state index in [2.05, 4.69) is 11.8 Å². The largest absolute Gasteiger partial charge is 0.478 e. The van der Waals surface area contributed by atoms with Crippen molar-refractivity contribution in [3.05, 3.63) is 35.4 Å². The van der Waals surface area contributed by atoms with E-state index in [1.807, 2.05) is 0 Å². The molecule has 3 rings (SSSR count). The highest BCUT2D eigenvalue weighted by molar-refractivity contribution is 5.87. The lowest BCUT2D eigenvalue weighted by Crippen LogP contribution is -2.24. The third-order valence-electron chi connectivity index (χ3n) is 5.76. The molecular formula is C22H26O5. The van der Waals surface area contributed by atoms with Gasteiger partial charge in [0.05, 0.1) is 17.6 Å². The maximum Gasteiger partial charge on any atom is 0.335 e. The van der Waals surface area contributed by atoms with Crippen LogP contribution in [0.2, 0.25) is 0 Å². The van der Waals surface area contributed by atoms with Gasteiger partial charge in [0, 0.05) is 12.3 Å². The monoisotopic (exact) mass is 370 g/mol. The van der Waals surface area contributed by atoms with Gasteiger partial charge in [-0.15, -0.1) is 0 Å². The van der Waals surface area contributed by atoms with Crippen LogP contribution in [0.15, 0.2) is 24.3 Å². The van der Waals surface area contributed by atoms with Crippen LogP contribution >= 0.6 is 0 Å². The van der Waals surface area contributed by atoms with Gasteiger partial charge in [0.2, 0.25) is 0 Å². The summed E-state index contributed by atoms with van der Waals surface area (Å²) in [4.78, 5) is 23.2. The van der Waals surface area contributed by atoms with Gasteiger partial charge in [0.25, 0.3) is 0 Å². The molecule has 0 heterocycles. The number of hydrogen-bond donors (Lipinski definition) is 3. The van der Waals surface area contributed by atoms with E-state index in [0.717, 1.165) is 31.2 Å². The summed E-state index contributed by atoms with van der Waals surface area (Å²) < 4.78 is 0. The second kappa shape index (κ2) is 8.24. The Morgan fingerprint density at radius 1 is 1.19 bits per heavy atom. The number of benzene rings is 1. The Labute approximate surface area is 159 Å². The average molecular weight is 370 g/mol. The third-order valence-corrected chi connectivity index (χ3v) is 5.76. The lowest BCUT2D eigenvalue weighted by Gasteiger charge is -2.18. The van der Waals surface area contributed by atoms with Crippen LogP contribution in [0.3, 0.4) is 0 Å². The first-order valence-corrected chi connectivity index (χ1v) is 9.66. The SMILES string of the molecule is O=C(O)c1ccc(CCC[C@H]2C(=O)C[C@@H](O)[C@@H]2C#CC2(O)CCCC2)cc1. The topological polar surface area (TPSA) is 94.8 Å². The highest BCUT2D eigenvalue weighted by Gasteiger charge is 2.40. The minimum absolute atomic E-state index is 0.0430. The van der Waals surface area contributed by atoms with Gasteiger partial charge in [-0.3, -0.25) is 4.79 Å². The van der Waals surface area contributed by atoms with Crippen molar-refractivity contribution in [1.82, 2.24) is 0 Å². The Hall–Kier alpha value is -2.16. The molecule has 0 amide bonds. The van der Waals surface area contributed by atoms with Crippen molar-refractivity contribution < 1.29 is 24.9 Å². The number of aryl methyl sites for hydroxylation is 1. The van der Waals surface area contributed by atoms with Gasteiger partial charge in [-0.1, -0.05) is 24.0 Å². The van der Waals surface area contributed by atoms with Gasteiger partial charge in [-0.05, 0) is 62.6 Å². The normalized spacial score (nSPS) is 26.6. The fourth-order valence-electron chi connectivity index (χ4n) is 4.13. The molecule has 2 fully saturated rings. The summed E-state index contributed by atoms with van der Waals surface area (Å²) in [5.74, 6) is 4.36. The maximum atomic E-state index is 12.3. The summed E-state index contributed by atoms with van der Waals surface area (Å²) in [6.07, 6.45) is 4.76. The van der Waals surface area contributed by atoms with Crippen molar-refractivity contribution in [1.29, 1.82) is 0 Å². The van der Waals surface area contributed by atoms with Crippen LogP contribution in [0.1, 0.15) is 60.9 Å². The van der Waals surface area contributed by atoms with E-state index < -0.39 is 23.6 Å². The van der Waals surface area contributed by atoms with E-state index in [-0.39, 0.29) is 23.7 Å². The van der Waals surface area contributed by atoms with Crippen LogP contribution < -0.4 is 0 Å². The molecule has 0 unspecified atom stereocenters. The fourth-order valence-corrected chi connectivity index (χ4v) is 4.13. The summed E-state index contributed by atoms with van der Waals surface area (Å²) in [7, 11) is 0. The Kier molecular flexibility index (Phi) is 5.98. The molecule has 144 valence electrons. The fraction of sp³-hybridized carbons (Fsp3) is 0.545. The minimum atomic E-state index is -0.957. The molecule has 5 nitrogen and oxygen atoms in total. The molecule has 2 aliphatic carbocycles. The first-order chi connectivity index (χ1) is 12.9. The number of ketones is 1. The van der Waals surface area contributed by atoms with Crippen LogP contribution in [-0.4, -0.2) is 38.8 Å². The molecule has 3 N–H and O–H groups in total. The predicted molar refractivity (Wildman–Crippen MR) is 100 cm³/mol. The number of carbonyl (C=O) groups is 2. The molecule has 2 saturated carbocycles. The highest BCUT2D eigenvalue weighted by Crippen LogP contribution is 2.34. The number of rotatable bonds is 5. The lowest BCUT2D eigenvalue weighted by molar-refractivity contribution is -0.121. The second-order valence-corrected chi connectivity index (χ2v) is 7.77. The Balaban J connectivity index is 1.59. The van der Waals surface area contributed by atoms with Crippen molar-refractivity contribution in [2.45, 2.75) is 63.1 Å². The van der Waals surface area contributed by atoms with E-state index in [1.165, 1.54) is 0 Å². The van der Waals surface area contributed by atoms with Crippen molar-refractivity contribution in [3.8, 4) is 11.8 Å². The first kappa shape index (κ1) is 19.6. The summed E-state index contributed by atoms with van der Waals surface area (Å²) in [5.41, 5.74) is 0.323. The van der Waals surface area contributed by atoms with Crippen LogP contribution in [0.4, 0.5) is 0 Å². The Morgan fingerprint density at radius 3 is 2.48 bits per heavy atom. The molecule has 3 atom stereocenters. The molecule has 27 heavy (non-hydrogen) atoms. The van der Waals surface area contributed by atoms with E-state index >= 15 is 0 Å². The smallest absolute Gasteiger partial charge is 0.335 e. The minimum Gasteiger partial charge on any atom is -0.478 e. The molecule has 1 aromatic carbocycles. The average Bonchev–Trinajstić information content (AvgIpc) is 3.17. The number of Topliss-reactive ketones (excluding diaryl/α,β-unsaturated/α-hetero) is 1. The first-order valence-electron chi connectivity index (χ1n) is 9.66. The van der Waals surface area contributed by atoms with Crippen LogP contribution in [0, 0.1) is 23.7 Å². The maximum absolute atomic E-state index is 12.3. The van der Waals surface area contributed by atoms with Gasteiger partial charge in [0.15, 0.2) is 0 Å². The molecule has 0 aromatic heterocycles. The predicted octanol–water partition coefficient (Wildman–Crippen LogP) is 2.58. The lowest BCUT2D eigenvalue weighted by atomic mass is 9.88. The molecule has 1 aromatic rings. The summed E-state index contributed by atoms with van der Waals surface area (Å²) in [6.45, 7) is 0. The van der Waals surface area contributed by atoms with Gasteiger partial charge in [0.1, 0.15) is 11.4 Å². The number of hydrogen-bond acceptors (Lipinski definition) is 4. The van der Waals surface area contributed by atoms with Gasteiger partial charge < -0.3 is 15.3 Å². The molecule has 2 aliphatic rings. The quantitative estimate of drug-likeness (QED) is 0.693.